The molecule has 0 amide bonds. The molecule has 45 heavy (non-hydrogen) atoms. The Hall–Kier alpha value is -6.06. The van der Waals surface area contributed by atoms with E-state index in [1.54, 1.807) is 0 Å². The first-order valence-corrected chi connectivity index (χ1v) is 15.5. The van der Waals surface area contributed by atoms with Gasteiger partial charge in [-0.3, -0.25) is 0 Å². The van der Waals surface area contributed by atoms with E-state index in [0.29, 0.717) is 0 Å². The molecule has 0 saturated heterocycles. The van der Waals surface area contributed by atoms with Gasteiger partial charge in [-0.15, -0.1) is 0 Å². The maximum absolute atomic E-state index is 2.49. The third kappa shape index (κ3) is 3.30. The van der Waals surface area contributed by atoms with Crippen LogP contribution < -0.4 is 0 Å². The first-order valence-electron chi connectivity index (χ1n) is 15.5. The summed E-state index contributed by atoms with van der Waals surface area (Å²) < 4.78 is 7.41. The summed E-state index contributed by atoms with van der Waals surface area (Å²) in [5, 5.41) is 7.51. The molecule has 0 atom stereocenters. The summed E-state index contributed by atoms with van der Waals surface area (Å²) in [7, 11) is 0. The van der Waals surface area contributed by atoms with Crippen LogP contribution in [0.3, 0.4) is 0 Å². The van der Waals surface area contributed by atoms with Crippen molar-refractivity contribution in [1.29, 1.82) is 0 Å². The number of hydrogen-bond acceptors (Lipinski definition) is 0. The molecule has 0 unspecified atom stereocenters. The molecule has 0 aliphatic rings. The highest BCUT2D eigenvalue weighted by molar-refractivity contribution is 6.13. The standard InChI is InChI=1S/C42H27N3/c1-7-20-34-28(14-1)29-15-2-8-21-35(29)43(34)40-26-13-27-41(44-36-22-9-3-16-30(36)31-17-4-10-23-37(31)44)42(40)45-38-24-11-5-18-32(38)33-19-6-12-25-39(33)45/h1-27H. The highest BCUT2D eigenvalue weighted by atomic mass is 15.1. The van der Waals surface area contributed by atoms with Gasteiger partial charge >= 0.3 is 0 Å². The van der Waals surface area contributed by atoms with Gasteiger partial charge in [-0.05, 0) is 48.5 Å². The third-order valence-corrected chi connectivity index (χ3v) is 9.44. The lowest BCUT2D eigenvalue weighted by molar-refractivity contribution is 1.05. The molecule has 0 saturated carbocycles. The normalized spacial score (nSPS) is 12.0. The average molecular weight is 574 g/mol. The molecule has 0 bridgehead atoms. The summed E-state index contributed by atoms with van der Waals surface area (Å²) in [5.41, 5.74) is 10.6. The zero-order valence-electron chi connectivity index (χ0n) is 24.4. The second kappa shape index (κ2) is 9.22. The fraction of sp³-hybridized carbons (Fsp3) is 0. The second-order valence-corrected chi connectivity index (χ2v) is 11.8. The van der Waals surface area contributed by atoms with Gasteiger partial charge in [0, 0.05) is 32.3 Å². The summed E-state index contributed by atoms with van der Waals surface area (Å²) in [6.45, 7) is 0. The van der Waals surface area contributed by atoms with Crippen molar-refractivity contribution >= 4 is 65.4 Å². The van der Waals surface area contributed by atoms with Crippen LogP contribution in [0.2, 0.25) is 0 Å². The monoisotopic (exact) mass is 573 g/mol. The van der Waals surface area contributed by atoms with Crippen LogP contribution in [0.1, 0.15) is 0 Å². The van der Waals surface area contributed by atoms with Crippen molar-refractivity contribution < 1.29 is 0 Å². The van der Waals surface area contributed by atoms with Crippen molar-refractivity contribution in [1.82, 2.24) is 13.7 Å². The predicted molar refractivity (Wildman–Crippen MR) is 189 cm³/mol. The molecule has 0 aliphatic carbocycles. The van der Waals surface area contributed by atoms with Gasteiger partial charge in [0.05, 0.1) is 50.2 Å². The van der Waals surface area contributed by atoms with E-state index in [9.17, 15) is 0 Å². The number of fused-ring (bicyclic) bond motifs is 9. The first kappa shape index (κ1) is 24.4. The van der Waals surface area contributed by atoms with Gasteiger partial charge in [-0.1, -0.05) is 115 Å². The molecule has 3 nitrogen and oxygen atoms in total. The summed E-state index contributed by atoms with van der Waals surface area (Å²) in [6, 6.07) is 59.5. The minimum Gasteiger partial charge on any atom is -0.307 e. The van der Waals surface area contributed by atoms with E-state index in [2.05, 4.69) is 177 Å². The van der Waals surface area contributed by atoms with Crippen LogP contribution in [-0.2, 0) is 0 Å². The third-order valence-electron chi connectivity index (χ3n) is 9.44. The molecule has 0 N–H and O–H groups in total. The molecule has 3 heteroatoms. The minimum absolute atomic E-state index is 1.14. The lowest BCUT2D eigenvalue weighted by atomic mass is 10.1. The Morgan fingerprint density at radius 1 is 0.222 bits per heavy atom. The van der Waals surface area contributed by atoms with Crippen molar-refractivity contribution in [2.24, 2.45) is 0 Å². The summed E-state index contributed by atoms with van der Waals surface area (Å²) in [5.74, 6) is 0. The van der Waals surface area contributed by atoms with Crippen molar-refractivity contribution in [2.75, 3.05) is 0 Å². The SMILES string of the molecule is c1cc(-n2c3ccccc3c3ccccc32)c(-n2c3ccccc3c3ccccc32)c(-n2c3ccccc3c3ccccc32)c1. The summed E-state index contributed by atoms with van der Waals surface area (Å²) >= 11 is 0. The maximum Gasteiger partial charge on any atom is 0.0946 e. The van der Waals surface area contributed by atoms with Gasteiger partial charge in [-0.2, -0.15) is 0 Å². The van der Waals surface area contributed by atoms with Crippen LogP contribution in [0.5, 0.6) is 0 Å². The van der Waals surface area contributed by atoms with Crippen molar-refractivity contribution in [3.8, 4) is 17.1 Å². The van der Waals surface area contributed by atoms with Crippen molar-refractivity contribution in [2.45, 2.75) is 0 Å². The molecular formula is C42H27N3. The second-order valence-electron chi connectivity index (χ2n) is 11.8. The molecule has 0 spiro atoms. The van der Waals surface area contributed by atoms with Gasteiger partial charge in [-0.25, -0.2) is 0 Å². The van der Waals surface area contributed by atoms with E-state index < -0.39 is 0 Å². The number of para-hydroxylation sites is 7. The minimum atomic E-state index is 1.14. The molecule has 7 aromatic carbocycles. The molecule has 10 rings (SSSR count). The quantitative estimate of drug-likeness (QED) is 0.200. The Morgan fingerprint density at radius 2 is 0.467 bits per heavy atom. The van der Waals surface area contributed by atoms with E-state index in [4.69, 9.17) is 0 Å². The zero-order chi connectivity index (χ0) is 29.5. The van der Waals surface area contributed by atoms with Gasteiger partial charge in [0.25, 0.3) is 0 Å². The molecule has 10 aromatic rings. The van der Waals surface area contributed by atoms with Crippen molar-refractivity contribution in [3.63, 3.8) is 0 Å². The number of nitrogens with zero attached hydrogens (tertiary/aromatic N) is 3. The van der Waals surface area contributed by atoms with E-state index >= 15 is 0 Å². The fourth-order valence-corrected chi connectivity index (χ4v) is 7.64. The maximum atomic E-state index is 2.49. The molecule has 0 radical (unpaired) electrons. The van der Waals surface area contributed by atoms with E-state index in [-0.39, 0.29) is 0 Å². The number of benzene rings is 7. The zero-order valence-corrected chi connectivity index (χ0v) is 24.4. The smallest absolute Gasteiger partial charge is 0.0946 e. The van der Waals surface area contributed by atoms with Crippen LogP contribution in [0, 0.1) is 0 Å². The average Bonchev–Trinajstić information content (AvgIpc) is 3.74. The van der Waals surface area contributed by atoms with Gasteiger partial charge < -0.3 is 13.7 Å². The molecule has 0 aliphatic heterocycles. The van der Waals surface area contributed by atoms with Crippen LogP contribution in [0.25, 0.3) is 82.5 Å². The van der Waals surface area contributed by atoms with Crippen LogP contribution in [-0.4, -0.2) is 13.7 Å². The molecule has 0 fully saturated rings. The fourth-order valence-electron chi connectivity index (χ4n) is 7.64. The number of rotatable bonds is 3. The molecule has 3 aromatic heterocycles. The Kier molecular flexibility index (Phi) is 5.00. The van der Waals surface area contributed by atoms with Gasteiger partial charge in [0.15, 0.2) is 0 Å². The largest absolute Gasteiger partial charge is 0.307 e. The van der Waals surface area contributed by atoms with E-state index in [1.165, 1.54) is 65.4 Å². The lowest BCUT2D eigenvalue weighted by Crippen LogP contribution is -2.09. The number of hydrogen-bond donors (Lipinski definition) is 0. The highest BCUT2D eigenvalue weighted by Gasteiger charge is 2.24. The van der Waals surface area contributed by atoms with Gasteiger partial charge in [0.2, 0.25) is 0 Å². The summed E-state index contributed by atoms with van der Waals surface area (Å²) in [6.07, 6.45) is 0. The first-order chi connectivity index (χ1) is 22.4. The molecule has 210 valence electrons. The van der Waals surface area contributed by atoms with Crippen LogP contribution >= 0.6 is 0 Å². The summed E-state index contributed by atoms with van der Waals surface area (Å²) in [4.78, 5) is 0. The lowest BCUT2D eigenvalue weighted by Gasteiger charge is -2.22. The predicted octanol–water partition coefficient (Wildman–Crippen LogP) is 11.0. The van der Waals surface area contributed by atoms with Crippen molar-refractivity contribution in [3.05, 3.63) is 164 Å². The van der Waals surface area contributed by atoms with Crippen LogP contribution in [0.15, 0.2) is 164 Å². The van der Waals surface area contributed by atoms with Gasteiger partial charge in [0.1, 0.15) is 0 Å². The Labute approximate surface area is 259 Å². The van der Waals surface area contributed by atoms with Crippen LogP contribution in [0.4, 0.5) is 0 Å². The Bertz CT molecular complexity index is 2480. The topological polar surface area (TPSA) is 14.8 Å². The molecule has 3 heterocycles. The molecular weight excluding hydrogens is 546 g/mol. The Balaban J connectivity index is 1.46. The van der Waals surface area contributed by atoms with E-state index in [1.807, 2.05) is 0 Å². The highest BCUT2D eigenvalue weighted by Crippen LogP contribution is 2.42. The number of aromatic nitrogens is 3. The Morgan fingerprint density at radius 3 is 0.756 bits per heavy atom. The van der Waals surface area contributed by atoms with E-state index in [0.717, 1.165) is 17.1 Å².